The lowest BCUT2D eigenvalue weighted by molar-refractivity contribution is -0.275. The zero-order chi connectivity index (χ0) is 13.2. The van der Waals surface area contributed by atoms with Crippen LogP contribution in [0, 0.1) is 0 Å². The first-order valence-electron chi connectivity index (χ1n) is 4.03. The van der Waals surface area contributed by atoms with Gasteiger partial charge in [-0.25, -0.2) is 13.8 Å². The van der Waals surface area contributed by atoms with E-state index in [2.05, 4.69) is 25.7 Å². The molecule has 1 heterocycles. The van der Waals surface area contributed by atoms with Gasteiger partial charge in [0, 0.05) is 5.56 Å². The summed E-state index contributed by atoms with van der Waals surface area (Å²) >= 11 is 8.07. The van der Waals surface area contributed by atoms with Gasteiger partial charge in [-0.1, -0.05) is 0 Å². The van der Waals surface area contributed by atoms with Crippen molar-refractivity contribution in [3.05, 3.63) is 21.9 Å². The minimum absolute atomic E-state index is 0.266. The van der Waals surface area contributed by atoms with Crippen LogP contribution in [-0.2, 0) is 5.88 Å². The monoisotopic (exact) mass is 339 g/mol. The van der Waals surface area contributed by atoms with Gasteiger partial charge in [0.1, 0.15) is 4.60 Å². The van der Waals surface area contributed by atoms with Gasteiger partial charge in [-0.05, 0) is 15.9 Å². The highest BCUT2D eigenvalue weighted by molar-refractivity contribution is 9.10. The van der Waals surface area contributed by atoms with Crippen molar-refractivity contribution in [3.8, 4) is 5.75 Å². The van der Waals surface area contributed by atoms with Crippen molar-refractivity contribution in [2.24, 2.45) is 0 Å². The maximum absolute atomic E-state index is 12.6. The molecular weight excluding hydrogens is 336 g/mol. The van der Waals surface area contributed by atoms with E-state index in [-0.39, 0.29) is 4.60 Å². The zero-order valence-corrected chi connectivity index (χ0v) is 10.2. The molecule has 17 heavy (non-hydrogen) atoms. The Balaban J connectivity index is 3.28. The van der Waals surface area contributed by atoms with Gasteiger partial charge in [0.05, 0.1) is 17.6 Å². The normalized spacial score (nSPS) is 12.0. The topological polar surface area (TPSA) is 22.1 Å². The third kappa shape index (κ3) is 3.67. The highest BCUT2D eigenvalue weighted by Gasteiger charge is 2.33. The van der Waals surface area contributed by atoms with Crippen LogP contribution in [0.2, 0.25) is 0 Å². The van der Waals surface area contributed by atoms with Crippen LogP contribution in [-0.4, -0.2) is 11.3 Å². The third-order valence-electron chi connectivity index (χ3n) is 1.72. The molecule has 0 aliphatic heterocycles. The van der Waals surface area contributed by atoms with Gasteiger partial charge in [-0.2, -0.15) is 0 Å². The molecule has 0 N–H and O–H groups in total. The van der Waals surface area contributed by atoms with Crippen molar-refractivity contribution in [1.29, 1.82) is 0 Å². The summed E-state index contributed by atoms with van der Waals surface area (Å²) in [5, 5.41) is 0. The predicted molar refractivity (Wildman–Crippen MR) is 53.1 cm³/mol. The number of ether oxygens (including phenoxy) is 1. The van der Waals surface area contributed by atoms with Crippen LogP contribution >= 0.6 is 27.5 Å². The maximum atomic E-state index is 12.6. The van der Waals surface area contributed by atoms with Gasteiger partial charge in [-0.3, -0.25) is 0 Å². The molecule has 0 aliphatic carbocycles. The molecular formula is C8H4BrClF5NO. The highest BCUT2D eigenvalue weighted by Crippen LogP contribution is 2.37. The van der Waals surface area contributed by atoms with Gasteiger partial charge < -0.3 is 4.74 Å². The van der Waals surface area contributed by atoms with Crippen molar-refractivity contribution >= 4 is 27.5 Å². The second kappa shape index (κ2) is 5.34. The average Bonchev–Trinajstić information content (AvgIpc) is 2.17. The van der Waals surface area contributed by atoms with Gasteiger partial charge >= 0.3 is 6.36 Å². The first kappa shape index (κ1) is 14.4. The summed E-state index contributed by atoms with van der Waals surface area (Å²) in [5.41, 5.74) is -1.15. The number of halogens is 7. The van der Waals surface area contributed by atoms with Gasteiger partial charge in [0.15, 0.2) is 5.75 Å². The highest BCUT2D eigenvalue weighted by atomic mass is 79.9. The van der Waals surface area contributed by atoms with Crippen molar-refractivity contribution in [1.82, 2.24) is 4.98 Å². The molecule has 1 rings (SSSR count). The van der Waals surface area contributed by atoms with Gasteiger partial charge in [0.2, 0.25) is 0 Å². The lowest BCUT2D eigenvalue weighted by Gasteiger charge is -2.15. The smallest absolute Gasteiger partial charge is 0.404 e. The number of aromatic nitrogens is 1. The Kier molecular flexibility index (Phi) is 4.54. The van der Waals surface area contributed by atoms with Crippen LogP contribution in [0.5, 0.6) is 5.75 Å². The molecule has 96 valence electrons. The lowest BCUT2D eigenvalue weighted by atomic mass is 10.1. The van der Waals surface area contributed by atoms with Gasteiger partial charge in [0.25, 0.3) is 6.43 Å². The summed E-state index contributed by atoms with van der Waals surface area (Å²) < 4.78 is 64.5. The first-order chi connectivity index (χ1) is 7.76. The van der Waals surface area contributed by atoms with Crippen molar-refractivity contribution in [2.45, 2.75) is 18.7 Å². The molecule has 1 aromatic heterocycles. The Morgan fingerprint density at radius 2 is 2.00 bits per heavy atom. The summed E-state index contributed by atoms with van der Waals surface area (Å²) in [6.07, 6.45) is -7.32. The lowest BCUT2D eigenvalue weighted by Crippen LogP contribution is -2.19. The quantitative estimate of drug-likeness (QED) is 0.462. The summed E-state index contributed by atoms with van der Waals surface area (Å²) in [6.45, 7) is 0. The van der Waals surface area contributed by atoms with E-state index >= 15 is 0 Å². The van der Waals surface area contributed by atoms with Crippen LogP contribution in [0.1, 0.15) is 17.6 Å². The fourth-order valence-electron chi connectivity index (χ4n) is 1.09. The number of rotatable bonds is 3. The Morgan fingerprint density at radius 1 is 1.41 bits per heavy atom. The van der Waals surface area contributed by atoms with E-state index in [1.54, 1.807) is 0 Å². The van der Waals surface area contributed by atoms with E-state index < -0.39 is 35.5 Å². The number of pyridine rings is 1. The predicted octanol–water partition coefficient (Wildman–Crippen LogP) is 4.42. The van der Waals surface area contributed by atoms with Crippen LogP contribution < -0.4 is 4.74 Å². The van der Waals surface area contributed by atoms with Crippen molar-refractivity contribution in [2.75, 3.05) is 0 Å². The van der Waals surface area contributed by atoms with Gasteiger partial charge in [-0.15, -0.1) is 24.8 Å². The molecule has 0 spiro atoms. The number of alkyl halides is 6. The van der Waals surface area contributed by atoms with Crippen molar-refractivity contribution < 1.29 is 26.7 Å². The minimum atomic E-state index is -4.99. The molecule has 2 nitrogen and oxygen atoms in total. The molecule has 9 heteroatoms. The van der Waals surface area contributed by atoms with Crippen LogP contribution in [0.4, 0.5) is 22.0 Å². The third-order valence-corrected chi connectivity index (χ3v) is 2.62. The van der Waals surface area contributed by atoms with Crippen molar-refractivity contribution in [3.63, 3.8) is 0 Å². The Hall–Kier alpha value is -0.630. The Bertz CT molecular complexity index is 412. The van der Waals surface area contributed by atoms with Crippen LogP contribution in [0.25, 0.3) is 0 Å². The Labute approximate surface area is 106 Å². The largest absolute Gasteiger partial charge is 0.573 e. The number of hydrogen-bond acceptors (Lipinski definition) is 2. The number of hydrogen-bond donors (Lipinski definition) is 0. The SMILES string of the molecule is FC(F)c1c(Br)ncc(OC(F)(F)F)c1CCl. The van der Waals surface area contributed by atoms with E-state index in [4.69, 9.17) is 11.6 Å². The fourth-order valence-corrected chi connectivity index (χ4v) is 1.88. The van der Waals surface area contributed by atoms with E-state index in [9.17, 15) is 22.0 Å². The average molecular weight is 340 g/mol. The van der Waals surface area contributed by atoms with E-state index in [1.165, 1.54) is 0 Å². The number of nitrogens with zero attached hydrogens (tertiary/aromatic N) is 1. The molecule has 0 fully saturated rings. The summed E-state index contributed by atoms with van der Waals surface area (Å²) in [6, 6.07) is 0. The van der Waals surface area contributed by atoms with E-state index in [1.807, 2.05) is 0 Å². The minimum Gasteiger partial charge on any atom is -0.404 e. The first-order valence-corrected chi connectivity index (χ1v) is 5.36. The summed E-state index contributed by atoms with van der Waals surface area (Å²) in [5.74, 6) is -1.38. The second-order valence-corrected chi connectivity index (χ2v) is 3.81. The fraction of sp³-hybridized carbons (Fsp3) is 0.375. The molecule has 1 aromatic rings. The second-order valence-electron chi connectivity index (χ2n) is 2.79. The molecule has 0 aliphatic rings. The van der Waals surface area contributed by atoms with E-state index in [0.29, 0.717) is 6.20 Å². The molecule has 0 atom stereocenters. The molecule has 0 amide bonds. The zero-order valence-electron chi connectivity index (χ0n) is 7.86. The van der Waals surface area contributed by atoms with Crippen LogP contribution in [0.3, 0.4) is 0 Å². The Morgan fingerprint density at radius 3 is 2.41 bits per heavy atom. The molecule has 0 saturated heterocycles. The molecule has 0 radical (unpaired) electrons. The van der Waals surface area contributed by atoms with E-state index in [0.717, 1.165) is 0 Å². The molecule has 0 bridgehead atoms. The standard InChI is InChI=1S/C8H4BrClF5NO/c9-6-5(7(11)12)3(1-10)4(2-16-6)17-8(13,14)15/h2,7H,1H2. The molecule has 0 aromatic carbocycles. The summed E-state index contributed by atoms with van der Waals surface area (Å²) in [4.78, 5) is 3.35. The molecule has 0 unspecified atom stereocenters. The van der Waals surface area contributed by atoms with Crippen LogP contribution in [0.15, 0.2) is 10.8 Å². The maximum Gasteiger partial charge on any atom is 0.573 e. The molecule has 0 saturated carbocycles. The summed E-state index contributed by atoms with van der Waals surface area (Å²) in [7, 11) is 0.